The van der Waals surface area contributed by atoms with Gasteiger partial charge in [-0.1, -0.05) is 0 Å². The molecule has 0 spiro atoms. The molecule has 2 N–H and O–H groups in total. The molecule has 2 heterocycles. The predicted octanol–water partition coefficient (Wildman–Crippen LogP) is 5.39. The number of imidazole rings is 2. The van der Waals surface area contributed by atoms with Crippen molar-refractivity contribution in [2.24, 2.45) is 0 Å². The number of nitrogens with zero attached hydrogens (tertiary/aromatic N) is 2. The summed E-state index contributed by atoms with van der Waals surface area (Å²) < 4.78 is 0. The number of thioether (sulfide) groups is 2. The molecule has 8 heteroatoms. The number of benzene rings is 2. The number of nitrogens with one attached hydrogen (secondary N) is 2. The first-order valence-electron chi connectivity index (χ1n) is 9.64. The predicted molar refractivity (Wildman–Crippen MR) is 122 cm³/mol. The zero-order valence-electron chi connectivity index (χ0n) is 17.3. The van der Waals surface area contributed by atoms with Crippen LogP contribution in [0.4, 0.5) is 0 Å². The van der Waals surface area contributed by atoms with Gasteiger partial charge in [0.1, 0.15) is 0 Å². The van der Waals surface area contributed by atoms with Crippen molar-refractivity contribution in [1.82, 2.24) is 19.9 Å². The first kappa shape index (κ1) is 20.7. The van der Waals surface area contributed by atoms with Gasteiger partial charge in [0.2, 0.25) is 0 Å². The van der Waals surface area contributed by atoms with Crippen molar-refractivity contribution in [1.29, 1.82) is 0 Å². The van der Waals surface area contributed by atoms with Gasteiger partial charge in [-0.15, -0.1) is 0 Å². The summed E-state index contributed by atoms with van der Waals surface area (Å²) in [6.45, 7) is 8.16. The van der Waals surface area contributed by atoms with E-state index in [-0.39, 0.29) is 23.1 Å². The van der Waals surface area contributed by atoms with Gasteiger partial charge in [0, 0.05) is 12.8 Å². The van der Waals surface area contributed by atoms with Crippen molar-refractivity contribution in [3.63, 3.8) is 0 Å². The zero-order chi connectivity index (χ0) is 21.4. The number of H-pyrrole nitrogens is 2. The van der Waals surface area contributed by atoms with Gasteiger partial charge in [-0.05, 0) is 97.7 Å². The molecule has 30 heavy (non-hydrogen) atoms. The van der Waals surface area contributed by atoms with Crippen LogP contribution in [0.25, 0.3) is 22.1 Å². The fourth-order valence-corrected chi connectivity index (χ4v) is 4.56. The normalized spacial score (nSPS) is 11.5. The summed E-state index contributed by atoms with van der Waals surface area (Å²) in [5.74, 6) is 0. The number of carbonyl (C=O) groups is 2. The van der Waals surface area contributed by atoms with Gasteiger partial charge in [-0.2, -0.15) is 0 Å². The molecule has 0 fully saturated rings. The molecule has 0 atom stereocenters. The topological polar surface area (TPSA) is 91.5 Å². The standard InChI is InChI=1S/C22H22N4O2S2/c1-11-7-15-16(8-12(11)2)24-21(23-15)29-19(27)5-6-20(28)30-22-25-17-9-13(3)14(4)10-18(17)26-22/h7-10H,5-6H2,1-4H3,(H,23,24)(H,25,26). The molecule has 0 bridgehead atoms. The number of carbonyl (C=O) groups excluding carboxylic acids is 2. The number of hydrogen-bond acceptors (Lipinski definition) is 6. The summed E-state index contributed by atoms with van der Waals surface area (Å²) in [7, 11) is 0. The van der Waals surface area contributed by atoms with E-state index < -0.39 is 0 Å². The van der Waals surface area contributed by atoms with Crippen LogP contribution in [0.5, 0.6) is 0 Å². The van der Waals surface area contributed by atoms with Crippen molar-refractivity contribution >= 4 is 55.8 Å². The molecule has 0 aliphatic carbocycles. The van der Waals surface area contributed by atoms with Gasteiger partial charge < -0.3 is 9.97 Å². The van der Waals surface area contributed by atoms with Crippen molar-refractivity contribution < 1.29 is 9.59 Å². The van der Waals surface area contributed by atoms with Crippen LogP contribution in [0.2, 0.25) is 0 Å². The van der Waals surface area contributed by atoms with E-state index in [0.29, 0.717) is 10.3 Å². The summed E-state index contributed by atoms with van der Waals surface area (Å²) in [5.41, 5.74) is 8.18. The van der Waals surface area contributed by atoms with Gasteiger partial charge in [0.25, 0.3) is 0 Å². The highest BCUT2D eigenvalue weighted by atomic mass is 32.2. The minimum atomic E-state index is -0.0905. The number of aromatic amines is 2. The highest BCUT2D eigenvalue weighted by molar-refractivity contribution is 8.14. The second kappa shape index (κ2) is 8.28. The summed E-state index contributed by atoms with van der Waals surface area (Å²) in [4.78, 5) is 39.9. The van der Waals surface area contributed by atoms with E-state index in [1.54, 1.807) is 0 Å². The van der Waals surface area contributed by atoms with E-state index in [0.717, 1.165) is 56.7 Å². The Bertz CT molecular complexity index is 1110. The quantitative estimate of drug-likeness (QED) is 0.406. The minimum absolute atomic E-state index is 0.0905. The van der Waals surface area contributed by atoms with Crippen molar-refractivity contribution in [3.8, 4) is 0 Å². The number of aromatic nitrogens is 4. The highest BCUT2D eigenvalue weighted by Gasteiger charge is 2.15. The number of fused-ring (bicyclic) bond motifs is 2. The lowest BCUT2D eigenvalue weighted by atomic mass is 10.1. The summed E-state index contributed by atoms with van der Waals surface area (Å²) >= 11 is 2.09. The average Bonchev–Trinajstić information content (AvgIpc) is 3.23. The van der Waals surface area contributed by atoms with Crippen LogP contribution in [-0.2, 0) is 9.59 Å². The molecule has 0 aliphatic heterocycles. The molecule has 0 radical (unpaired) electrons. The van der Waals surface area contributed by atoms with Crippen LogP contribution in [0, 0.1) is 27.7 Å². The highest BCUT2D eigenvalue weighted by Crippen LogP contribution is 2.26. The lowest BCUT2D eigenvalue weighted by molar-refractivity contribution is -0.115. The molecule has 4 rings (SSSR count). The number of aryl methyl sites for hydroxylation is 4. The summed E-state index contributed by atoms with van der Waals surface area (Å²) in [5, 5.41) is 0.936. The molecule has 6 nitrogen and oxygen atoms in total. The molecular formula is C22H22N4O2S2. The van der Waals surface area contributed by atoms with E-state index >= 15 is 0 Å². The maximum absolute atomic E-state index is 12.3. The third kappa shape index (κ3) is 4.44. The molecule has 0 unspecified atom stereocenters. The Labute approximate surface area is 182 Å². The second-order valence-electron chi connectivity index (χ2n) is 7.44. The third-order valence-electron chi connectivity index (χ3n) is 5.11. The Morgan fingerprint density at radius 2 is 1.07 bits per heavy atom. The second-order valence-corrected chi connectivity index (χ2v) is 9.53. The van der Waals surface area contributed by atoms with E-state index in [4.69, 9.17) is 0 Å². The van der Waals surface area contributed by atoms with Crippen LogP contribution in [0.3, 0.4) is 0 Å². The fraction of sp³-hybridized carbons (Fsp3) is 0.273. The van der Waals surface area contributed by atoms with Gasteiger partial charge in [0.05, 0.1) is 22.1 Å². The third-order valence-corrected chi connectivity index (χ3v) is 6.74. The Hall–Kier alpha value is -2.58. The lowest BCUT2D eigenvalue weighted by Crippen LogP contribution is -1.98. The zero-order valence-corrected chi connectivity index (χ0v) is 18.9. The molecule has 4 aromatic rings. The maximum atomic E-state index is 12.3. The molecule has 2 aromatic carbocycles. The Morgan fingerprint density at radius 1 is 0.700 bits per heavy atom. The molecule has 0 amide bonds. The summed E-state index contributed by atoms with van der Waals surface area (Å²) in [6, 6.07) is 8.07. The summed E-state index contributed by atoms with van der Waals surface area (Å²) in [6.07, 6.45) is 0.314. The van der Waals surface area contributed by atoms with E-state index in [9.17, 15) is 9.59 Å². The van der Waals surface area contributed by atoms with Gasteiger partial charge in [-0.25, -0.2) is 9.97 Å². The van der Waals surface area contributed by atoms with E-state index in [2.05, 4.69) is 19.9 Å². The average molecular weight is 439 g/mol. The molecular weight excluding hydrogens is 416 g/mol. The monoisotopic (exact) mass is 438 g/mol. The van der Waals surface area contributed by atoms with Gasteiger partial charge in [0.15, 0.2) is 20.5 Å². The first-order chi connectivity index (χ1) is 14.3. The lowest BCUT2D eigenvalue weighted by Gasteiger charge is -1.98. The van der Waals surface area contributed by atoms with Gasteiger partial charge in [-0.3, -0.25) is 9.59 Å². The number of rotatable bonds is 5. The molecule has 0 saturated carbocycles. The minimum Gasteiger partial charge on any atom is -0.333 e. The van der Waals surface area contributed by atoms with Crippen LogP contribution in [0.1, 0.15) is 35.1 Å². The van der Waals surface area contributed by atoms with Crippen molar-refractivity contribution in [3.05, 3.63) is 46.5 Å². The van der Waals surface area contributed by atoms with Crippen molar-refractivity contribution in [2.45, 2.75) is 50.8 Å². The first-order valence-corrected chi connectivity index (χ1v) is 11.3. The smallest absolute Gasteiger partial charge is 0.197 e. The molecule has 2 aromatic heterocycles. The Balaban J connectivity index is 1.34. The van der Waals surface area contributed by atoms with Crippen molar-refractivity contribution in [2.75, 3.05) is 0 Å². The Kier molecular flexibility index (Phi) is 5.71. The number of hydrogen-bond donors (Lipinski definition) is 2. The molecule has 0 saturated heterocycles. The molecule has 154 valence electrons. The Morgan fingerprint density at radius 3 is 1.47 bits per heavy atom. The van der Waals surface area contributed by atoms with Crippen LogP contribution < -0.4 is 0 Å². The van der Waals surface area contributed by atoms with Crippen LogP contribution in [-0.4, -0.2) is 30.2 Å². The fourth-order valence-electron chi connectivity index (χ4n) is 3.11. The van der Waals surface area contributed by atoms with E-state index in [1.165, 1.54) is 11.1 Å². The van der Waals surface area contributed by atoms with Crippen LogP contribution in [0.15, 0.2) is 34.6 Å². The largest absolute Gasteiger partial charge is 0.333 e. The van der Waals surface area contributed by atoms with Gasteiger partial charge >= 0.3 is 0 Å². The molecule has 0 aliphatic rings. The maximum Gasteiger partial charge on any atom is 0.197 e. The SMILES string of the molecule is Cc1cc2nc(SC(=O)CCC(=O)Sc3nc4cc(C)c(C)cc4[nH]3)[nH]c2cc1C. The van der Waals surface area contributed by atoms with E-state index in [1.807, 2.05) is 52.0 Å². The van der Waals surface area contributed by atoms with Crippen LogP contribution >= 0.6 is 23.5 Å².